The summed E-state index contributed by atoms with van der Waals surface area (Å²) in [4.78, 5) is 0. The fourth-order valence-corrected chi connectivity index (χ4v) is 1.69. The van der Waals surface area contributed by atoms with Crippen LogP contribution in [0.2, 0.25) is 0 Å². The second kappa shape index (κ2) is 26.8. The van der Waals surface area contributed by atoms with Crippen molar-refractivity contribution in [1.82, 2.24) is 0 Å². The smallest absolute Gasteiger partial charge is 0.0285 e. The zero-order valence-corrected chi connectivity index (χ0v) is 17.4. The van der Waals surface area contributed by atoms with Crippen molar-refractivity contribution in [2.75, 3.05) is 0 Å². The van der Waals surface area contributed by atoms with E-state index in [0.717, 1.165) is 25.7 Å². The van der Waals surface area contributed by atoms with Crippen LogP contribution in [-0.2, 0) is 0 Å². The number of hydrogen-bond donors (Lipinski definition) is 0. The summed E-state index contributed by atoms with van der Waals surface area (Å²) in [6.45, 7) is 17.3. The molecule has 0 aromatic carbocycles. The lowest BCUT2D eigenvalue weighted by Gasteiger charge is -2.20. The van der Waals surface area contributed by atoms with Crippen LogP contribution < -0.4 is 0 Å². The first-order chi connectivity index (χ1) is 10.9. The molecule has 0 rings (SSSR count). The molecule has 0 heteroatoms. The van der Waals surface area contributed by atoms with E-state index in [2.05, 4.69) is 90.2 Å². The van der Waals surface area contributed by atoms with Crippen molar-refractivity contribution in [3.8, 4) is 0 Å². The van der Waals surface area contributed by atoms with Crippen molar-refractivity contribution in [1.29, 1.82) is 0 Å². The summed E-state index contributed by atoms with van der Waals surface area (Å²) < 4.78 is 0. The molecular formula is C24H48. The molecule has 0 saturated heterocycles. The first kappa shape index (κ1) is 30.8. The van der Waals surface area contributed by atoms with E-state index in [1.54, 1.807) is 0 Å². The van der Waals surface area contributed by atoms with Gasteiger partial charge < -0.3 is 0 Å². The van der Waals surface area contributed by atoms with Crippen molar-refractivity contribution in [3.63, 3.8) is 0 Å². The number of allylic oxidation sites excluding steroid dienone is 8. The van der Waals surface area contributed by atoms with Gasteiger partial charge in [-0.1, -0.05) is 97.6 Å². The summed E-state index contributed by atoms with van der Waals surface area (Å²) >= 11 is 0. The third-order valence-corrected chi connectivity index (χ3v) is 3.09. The van der Waals surface area contributed by atoms with Gasteiger partial charge in [0.05, 0.1) is 0 Å². The highest BCUT2D eigenvalue weighted by atomic mass is 14.2. The monoisotopic (exact) mass is 336 g/mol. The summed E-state index contributed by atoms with van der Waals surface area (Å²) in [7, 11) is 0. The molecule has 0 heterocycles. The Morgan fingerprint density at radius 2 is 0.833 bits per heavy atom. The molecule has 0 amide bonds. The van der Waals surface area contributed by atoms with E-state index in [1.807, 2.05) is 13.8 Å². The van der Waals surface area contributed by atoms with E-state index >= 15 is 0 Å². The zero-order chi connectivity index (χ0) is 18.4. The van der Waals surface area contributed by atoms with Crippen LogP contribution in [0.4, 0.5) is 0 Å². The van der Waals surface area contributed by atoms with Crippen LogP contribution in [-0.4, -0.2) is 0 Å². The standard InChI is InChI=1S/C13H24.2C5H10.CH4/c1-5-7-9-11-13(3,4)12-10-8-6-2;2*1-3-5-4-2;/h7-10H,5-6,11-12H2,1-4H3;2*3,5H,4H2,1-2H3;1H4. The largest absolute Gasteiger partial charge is 0.0917 e. The Morgan fingerprint density at radius 1 is 0.542 bits per heavy atom. The molecule has 0 aliphatic heterocycles. The topological polar surface area (TPSA) is 0 Å². The first-order valence-electron chi connectivity index (χ1n) is 9.47. The molecule has 0 radical (unpaired) electrons. The Labute approximate surface area is 155 Å². The SMILES string of the molecule is C.CC=CCC.CC=CCC.CCC=CCC(C)(C)CC=CCC. The highest BCUT2D eigenvalue weighted by Gasteiger charge is 2.13. The van der Waals surface area contributed by atoms with Crippen LogP contribution in [0.15, 0.2) is 48.6 Å². The molecule has 144 valence electrons. The molecule has 0 aromatic rings. The molecule has 0 aliphatic rings. The molecule has 24 heavy (non-hydrogen) atoms. The quantitative estimate of drug-likeness (QED) is 0.387. The molecule has 0 aromatic heterocycles. The average Bonchev–Trinajstić information content (AvgIpc) is 2.50. The summed E-state index contributed by atoms with van der Waals surface area (Å²) in [5, 5.41) is 0. The molecule has 0 N–H and O–H groups in total. The van der Waals surface area contributed by atoms with Crippen molar-refractivity contribution < 1.29 is 0 Å². The maximum Gasteiger partial charge on any atom is -0.0285 e. The molecule has 0 nitrogen and oxygen atoms in total. The third-order valence-electron chi connectivity index (χ3n) is 3.09. The highest BCUT2D eigenvalue weighted by Crippen LogP contribution is 2.26. The van der Waals surface area contributed by atoms with Crippen molar-refractivity contribution >= 4 is 0 Å². The Balaban J connectivity index is -0.000000151. The van der Waals surface area contributed by atoms with Gasteiger partial charge in [0.1, 0.15) is 0 Å². The van der Waals surface area contributed by atoms with Crippen molar-refractivity contribution in [3.05, 3.63) is 48.6 Å². The third kappa shape index (κ3) is 37.3. The first-order valence-corrected chi connectivity index (χ1v) is 9.47. The van der Waals surface area contributed by atoms with E-state index in [9.17, 15) is 0 Å². The maximum atomic E-state index is 2.33. The second-order valence-corrected chi connectivity index (χ2v) is 6.29. The van der Waals surface area contributed by atoms with Gasteiger partial charge in [-0.15, -0.1) is 0 Å². The fourth-order valence-electron chi connectivity index (χ4n) is 1.69. The predicted octanol–water partition coefficient (Wildman–Crippen LogP) is 9.31. The van der Waals surface area contributed by atoms with Gasteiger partial charge >= 0.3 is 0 Å². The Morgan fingerprint density at radius 3 is 1.00 bits per heavy atom. The summed E-state index contributed by atoms with van der Waals surface area (Å²) in [5.41, 5.74) is 0.428. The van der Waals surface area contributed by atoms with Gasteiger partial charge in [0.2, 0.25) is 0 Å². The number of hydrogen-bond acceptors (Lipinski definition) is 0. The molecule has 0 spiro atoms. The molecule has 0 bridgehead atoms. The lowest BCUT2D eigenvalue weighted by molar-refractivity contribution is 0.376. The minimum absolute atomic E-state index is 0. The second-order valence-electron chi connectivity index (χ2n) is 6.29. The lowest BCUT2D eigenvalue weighted by atomic mass is 9.85. The minimum atomic E-state index is 0. The molecule has 0 aliphatic carbocycles. The van der Waals surface area contributed by atoms with Crippen LogP contribution in [0.1, 0.15) is 101 Å². The molecule has 0 unspecified atom stereocenters. The van der Waals surface area contributed by atoms with Crippen LogP contribution >= 0.6 is 0 Å². The van der Waals surface area contributed by atoms with E-state index in [0.29, 0.717) is 5.41 Å². The molecule has 0 fully saturated rings. The fraction of sp³-hybridized carbons (Fsp3) is 0.667. The molecule has 0 atom stereocenters. The van der Waals surface area contributed by atoms with Gasteiger partial charge in [-0.25, -0.2) is 0 Å². The summed E-state index contributed by atoms with van der Waals surface area (Å²) in [5.74, 6) is 0. The van der Waals surface area contributed by atoms with Crippen LogP contribution in [0.5, 0.6) is 0 Å². The minimum Gasteiger partial charge on any atom is -0.0917 e. The molecule has 0 saturated carbocycles. The van der Waals surface area contributed by atoms with Gasteiger partial charge in [0, 0.05) is 0 Å². The Kier molecular flexibility index (Phi) is 34.4. The van der Waals surface area contributed by atoms with Gasteiger partial charge in [-0.05, 0) is 57.8 Å². The Hall–Kier alpha value is -1.04. The van der Waals surface area contributed by atoms with E-state index in [-0.39, 0.29) is 7.43 Å². The molecular weight excluding hydrogens is 288 g/mol. The maximum absolute atomic E-state index is 2.33. The highest BCUT2D eigenvalue weighted by molar-refractivity contribution is 4.92. The van der Waals surface area contributed by atoms with Crippen molar-refractivity contribution in [2.24, 2.45) is 5.41 Å². The summed E-state index contributed by atoms with van der Waals surface area (Å²) in [6.07, 6.45) is 24.5. The van der Waals surface area contributed by atoms with Crippen molar-refractivity contribution in [2.45, 2.75) is 101 Å². The summed E-state index contributed by atoms with van der Waals surface area (Å²) in [6, 6.07) is 0. The van der Waals surface area contributed by atoms with Crippen LogP contribution in [0.3, 0.4) is 0 Å². The normalized spacial score (nSPS) is 11.3. The van der Waals surface area contributed by atoms with Gasteiger partial charge in [0.25, 0.3) is 0 Å². The van der Waals surface area contributed by atoms with Crippen LogP contribution in [0.25, 0.3) is 0 Å². The van der Waals surface area contributed by atoms with E-state index < -0.39 is 0 Å². The van der Waals surface area contributed by atoms with E-state index in [4.69, 9.17) is 0 Å². The lowest BCUT2D eigenvalue weighted by Crippen LogP contribution is -2.07. The van der Waals surface area contributed by atoms with Crippen LogP contribution in [0, 0.1) is 5.41 Å². The predicted molar refractivity (Wildman–Crippen MR) is 119 cm³/mol. The number of rotatable bonds is 8. The zero-order valence-electron chi connectivity index (χ0n) is 17.4. The van der Waals surface area contributed by atoms with Gasteiger partial charge in [-0.2, -0.15) is 0 Å². The van der Waals surface area contributed by atoms with Gasteiger partial charge in [0.15, 0.2) is 0 Å². The average molecular weight is 337 g/mol. The van der Waals surface area contributed by atoms with E-state index in [1.165, 1.54) is 12.8 Å². The van der Waals surface area contributed by atoms with Gasteiger partial charge in [-0.3, -0.25) is 0 Å². The Bertz CT molecular complexity index is 270.